The van der Waals surface area contributed by atoms with Gasteiger partial charge in [-0.2, -0.15) is 13.2 Å². The zero-order valence-electron chi connectivity index (χ0n) is 7.60. The van der Waals surface area contributed by atoms with E-state index in [-0.39, 0.29) is 12.3 Å². The van der Waals surface area contributed by atoms with Gasteiger partial charge in [0, 0.05) is 12.4 Å². The molecule has 0 aromatic carbocycles. The van der Waals surface area contributed by atoms with E-state index in [2.05, 4.69) is 4.99 Å². The first-order valence-electron chi connectivity index (χ1n) is 4.20. The van der Waals surface area contributed by atoms with Crippen LogP contribution in [0, 0.1) is 11.8 Å². The molecule has 1 unspecified atom stereocenters. The second-order valence-corrected chi connectivity index (χ2v) is 3.51. The van der Waals surface area contributed by atoms with Gasteiger partial charge in [0.25, 0.3) is 0 Å². The Morgan fingerprint density at radius 2 is 2.08 bits per heavy atom. The SMILES string of the molecule is CC(C)C1=CN=CC(C(F)(F)F)C1. The van der Waals surface area contributed by atoms with Crippen molar-refractivity contribution < 1.29 is 13.2 Å². The van der Waals surface area contributed by atoms with E-state index in [4.69, 9.17) is 0 Å². The molecule has 0 N–H and O–H groups in total. The van der Waals surface area contributed by atoms with Crippen LogP contribution in [0.5, 0.6) is 0 Å². The van der Waals surface area contributed by atoms with Crippen molar-refractivity contribution in [2.24, 2.45) is 16.8 Å². The van der Waals surface area contributed by atoms with Gasteiger partial charge in [0.15, 0.2) is 0 Å². The molecule has 0 bridgehead atoms. The molecule has 0 fully saturated rings. The van der Waals surface area contributed by atoms with Crippen LogP contribution in [0.1, 0.15) is 20.3 Å². The molecule has 74 valence electrons. The second kappa shape index (κ2) is 3.52. The summed E-state index contributed by atoms with van der Waals surface area (Å²) in [6.07, 6.45) is -1.58. The highest BCUT2D eigenvalue weighted by atomic mass is 19.4. The van der Waals surface area contributed by atoms with Crippen molar-refractivity contribution in [1.82, 2.24) is 0 Å². The van der Waals surface area contributed by atoms with E-state index in [1.54, 1.807) is 0 Å². The molecule has 0 radical (unpaired) electrons. The fourth-order valence-corrected chi connectivity index (χ4v) is 1.19. The van der Waals surface area contributed by atoms with Crippen LogP contribution in [-0.4, -0.2) is 12.4 Å². The minimum atomic E-state index is -4.15. The summed E-state index contributed by atoms with van der Waals surface area (Å²) in [4.78, 5) is 3.62. The monoisotopic (exact) mass is 191 g/mol. The quantitative estimate of drug-likeness (QED) is 0.603. The lowest BCUT2D eigenvalue weighted by molar-refractivity contribution is -0.154. The fraction of sp³-hybridized carbons (Fsp3) is 0.667. The number of aliphatic imine (C=N–C) groups is 1. The molecule has 1 heterocycles. The third kappa shape index (κ3) is 2.57. The summed E-state index contributed by atoms with van der Waals surface area (Å²) < 4.78 is 36.8. The minimum absolute atomic E-state index is 0.0602. The van der Waals surface area contributed by atoms with E-state index < -0.39 is 12.1 Å². The summed E-state index contributed by atoms with van der Waals surface area (Å²) in [7, 11) is 0. The van der Waals surface area contributed by atoms with Crippen molar-refractivity contribution in [2.75, 3.05) is 0 Å². The lowest BCUT2D eigenvalue weighted by atomic mass is 9.91. The van der Waals surface area contributed by atoms with E-state index >= 15 is 0 Å². The van der Waals surface area contributed by atoms with Crippen molar-refractivity contribution >= 4 is 6.21 Å². The number of nitrogens with zero attached hydrogens (tertiary/aromatic N) is 1. The predicted molar refractivity (Wildman–Crippen MR) is 45.6 cm³/mol. The smallest absolute Gasteiger partial charge is 0.268 e. The summed E-state index contributed by atoms with van der Waals surface area (Å²) in [5, 5.41) is 0. The first-order valence-corrected chi connectivity index (χ1v) is 4.20. The Morgan fingerprint density at radius 1 is 1.46 bits per heavy atom. The van der Waals surface area contributed by atoms with Gasteiger partial charge in [-0.1, -0.05) is 13.8 Å². The zero-order chi connectivity index (χ0) is 10.1. The maximum Gasteiger partial charge on any atom is 0.396 e. The second-order valence-electron chi connectivity index (χ2n) is 3.51. The summed E-state index contributed by atoms with van der Waals surface area (Å²) in [5.74, 6) is -1.25. The third-order valence-corrected chi connectivity index (χ3v) is 2.12. The number of allylic oxidation sites excluding steroid dienone is 1. The summed E-state index contributed by atoms with van der Waals surface area (Å²) in [6.45, 7) is 3.75. The normalized spacial score (nSPS) is 23.5. The molecule has 0 amide bonds. The summed E-state index contributed by atoms with van der Waals surface area (Å²) in [5.41, 5.74) is 0.768. The largest absolute Gasteiger partial charge is 0.396 e. The molecule has 0 spiro atoms. The first-order chi connectivity index (χ1) is 5.91. The van der Waals surface area contributed by atoms with E-state index in [9.17, 15) is 13.2 Å². The zero-order valence-corrected chi connectivity index (χ0v) is 7.60. The Labute approximate surface area is 75.4 Å². The van der Waals surface area contributed by atoms with Crippen LogP contribution < -0.4 is 0 Å². The molecule has 0 aromatic rings. The number of rotatable bonds is 1. The lowest BCUT2D eigenvalue weighted by Gasteiger charge is -2.21. The standard InChI is InChI=1S/C9H12F3N/c1-6(2)7-3-8(5-13-4-7)9(10,11)12/h4-6,8H,3H2,1-2H3. The van der Waals surface area contributed by atoms with Crippen molar-refractivity contribution in [3.8, 4) is 0 Å². The Bertz CT molecular complexity index is 238. The molecule has 0 saturated heterocycles. The van der Waals surface area contributed by atoms with E-state index in [0.29, 0.717) is 0 Å². The van der Waals surface area contributed by atoms with Gasteiger partial charge in [-0.05, 0) is 17.9 Å². The Kier molecular flexibility index (Phi) is 2.78. The molecule has 13 heavy (non-hydrogen) atoms. The first kappa shape index (κ1) is 10.3. The number of halogens is 3. The van der Waals surface area contributed by atoms with E-state index in [1.807, 2.05) is 13.8 Å². The van der Waals surface area contributed by atoms with Gasteiger partial charge in [-0.3, -0.25) is 4.99 Å². The molecule has 4 heteroatoms. The van der Waals surface area contributed by atoms with Crippen LogP contribution in [-0.2, 0) is 0 Å². The van der Waals surface area contributed by atoms with Crippen LogP contribution in [0.15, 0.2) is 16.8 Å². The van der Waals surface area contributed by atoms with Crippen LogP contribution in [0.4, 0.5) is 13.2 Å². The summed E-state index contributed by atoms with van der Waals surface area (Å²) in [6, 6.07) is 0. The molecule has 0 saturated carbocycles. The number of hydrogen-bond acceptors (Lipinski definition) is 1. The van der Waals surface area contributed by atoms with Crippen molar-refractivity contribution in [3.63, 3.8) is 0 Å². The van der Waals surface area contributed by atoms with Crippen LogP contribution in [0.2, 0.25) is 0 Å². The molecule has 1 nitrogen and oxygen atoms in total. The molecule has 1 atom stereocenters. The van der Waals surface area contributed by atoms with Crippen LogP contribution in [0.3, 0.4) is 0 Å². The average Bonchev–Trinajstić information content (AvgIpc) is 2.03. The van der Waals surface area contributed by atoms with Crippen molar-refractivity contribution in [2.45, 2.75) is 26.4 Å². The topological polar surface area (TPSA) is 12.4 Å². The molecule has 1 aliphatic heterocycles. The molecule has 1 rings (SSSR count). The molecule has 0 aromatic heterocycles. The van der Waals surface area contributed by atoms with Crippen molar-refractivity contribution in [3.05, 3.63) is 11.8 Å². The Morgan fingerprint density at radius 3 is 2.54 bits per heavy atom. The minimum Gasteiger partial charge on any atom is -0.268 e. The van der Waals surface area contributed by atoms with Gasteiger partial charge in [0.1, 0.15) is 0 Å². The summed E-state index contributed by atoms with van der Waals surface area (Å²) >= 11 is 0. The van der Waals surface area contributed by atoms with Gasteiger partial charge < -0.3 is 0 Å². The highest BCUT2D eigenvalue weighted by Gasteiger charge is 2.39. The predicted octanol–water partition coefficient (Wildman–Crippen LogP) is 3.18. The van der Waals surface area contributed by atoms with Gasteiger partial charge in [0.05, 0.1) is 5.92 Å². The molecule has 0 aliphatic carbocycles. The van der Waals surface area contributed by atoms with E-state index in [0.717, 1.165) is 11.8 Å². The maximum absolute atomic E-state index is 12.3. The number of alkyl halides is 3. The van der Waals surface area contributed by atoms with Gasteiger partial charge in [0.2, 0.25) is 0 Å². The van der Waals surface area contributed by atoms with Gasteiger partial charge in [-0.25, -0.2) is 0 Å². The third-order valence-electron chi connectivity index (χ3n) is 2.12. The molecular weight excluding hydrogens is 179 g/mol. The molecular formula is C9H12F3N. The van der Waals surface area contributed by atoms with Gasteiger partial charge in [-0.15, -0.1) is 0 Å². The number of hydrogen-bond donors (Lipinski definition) is 0. The average molecular weight is 191 g/mol. The highest BCUT2D eigenvalue weighted by molar-refractivity contribution is 5.64. The lowest BCUT2D eigenvalue weighted by Crippen LogP contribution is -2.26. The van der Waals surface area contributed by atoms with Crippen LogP contribution >= 0.6 is 0 Å². The van der Waals surface area contributed by atoms with Gasteiger partial charge >= 0.3 is 6.18 Å². The Hall–Kier alpha value is -0.800. The Balaban J connectivity index is 2.70. The highest BCUT2D eigenvalue weighted by Crippen LogP contribution is 2.33. The fourth-order valence-electron chi connectivity index (χ4n) is 1.19. The van der Waals surface area contributed by atoms with Crippen molar-refractivity contribution in [1.29, 1.82) is 0 Å². The van der Waals surface area contributed by atoms with E-state index in [1.165, 1.54) is 6.20 Å². The molecule has 1 aliphatic rings. The van der Waals surface area contributed by atoms with Crippen LogP contribution in [0.25, 0.3) is 0 Å². The maximum atomic E-state index is 12.3.